The van der Waals surface area contributed by atoms with Crippen molar-refractivity contribution in [3.05, 3.63) is 30.3 Å². The van der Waals surface area contributed by atoms with Crippen molar-refractivity contribution in [2.75, 3.05) is 23.7 Å². The van der Waals surface area contributed by atoms with Crippen molar-refractivity contribution in [3.63, 3.8) is 0 Å². The summed E-state index contributed by atoms with van der Waals surface area (Å²) >= 11 is 0. The lowest BCUT2D eigenvalue weighted by Crippen LogP contribution is -2.40. The van der Waals surface area contributed by atoms with Crippen LogP contribution in [0.2, 0.25) is 0 Å². The van der Waals surface area contributed by atoms with E-state index < -0.39 is 10.0 Å². The highest BCUT2D eigenvalue weighted by Crippen LogP contribution is 2.15. The lowest BCUT2D eigenvalue weighted by atomic mass is 10.3. The number of para-hydroxylation sites is 1. The van der Waals surface area contributed by atoms with Gasteiger partial charge in [0.2, 0.25) is 15.9 Å². The van der Waals surface area contributed by atoms with Crippen molar-refractivity contribution in [2.24, 2.45) is 0 Å². The summed E-state index contributed by atoms with van der Waals surface area (Å²) in [6.45, 7) is 2.29. The Labute approximate surface area is 108 Å². The van der Waals surface area contributed by atoms with E-state index in [1.807, 2.05) is 6.92 Å². The summed E-state index contributed by atoms with van der Waals surface area (Å²) in [4.78, 5) is 11.6. The molecule has 1 rings (SSSR count). The molecule has 1 aromatic carbocycles. The normalized spacial score (nSPS) is 11.0. The van der Waals surface area contributed by atoms with Crippen LogP contribution < -0.4 is 9.62 Å². The third kappa shape index (κ3) is 4.37. The number of anilines is 1. The molecule has 1 N–H and O–H groups in total. The molecule has 5 nitrogen and oxygen atoms in total. The molecule has 0 spiro atoms. The van der Waals surface area contributed by atoms with Gasteiger partial charge >= 0.3 is 0 Å². The van der Waals surface area contributed by atoms with E-state index in [1.165, 1.54) is 0 Å². The molecule has 0 saturated heterocycles. The Morgan fingerprint density at radius 3 is 2.39 bits per heavy atom. The highest BCUT2D eigenvalue weighted by molar-refractivity contribution is 7.92. The zero-order valence-electron chi connectivity index (χ0n) is 10.6. The molecule has 1 amide bonds. The fourth-order valence-electron chi connectivity index (χ4n) is 1.45. The number of carbonyl (C=O) groups is 1. The van der Waals surface area contributed by atoms with E-state index in [0.29, 0.717) is 12.2 Å². The largest absolute Gasteiger partial charge is 0.355 e. The fourth-order valence-corrected chi connectivity index (χ4v) is 2.30. The second-order valence-corrected chi connectivity index (χ2v) is 5.86. The van der Waals surface area contributed by atoms with Gasteiger partial charge in [0, 0.05) is 6.54 Å². The first kappa shape index (κ1) is 14.5. The average Bonchev–Trinajstić information content (AvgIpc) is 2.33. The third-order valence-corrected chi connectivity index (χ3v) is 3.44. The number of nitrogens with one attached hydrogen (secondary N) is 1. The summed E-state index contributed by atoms with van der Waals surface area (Å²) in [5.74, 6) is -0.300. The Bertz CT molecular complexity index is 485. The SMILES string of the molecule is CCCNC(=O)CN(c1ccccc1)S(C)(=O)=O. The van der Waals surface area contributed by atoms with Crippen LogP contribution in [-0.2, 0) is 14.8 Å². The molecule has 0 aromatic heterocycles. The molecule has 0 atom stereocenters. The Balaban J connectivity index is 2.85. The Morgan fingerprint density at radius 1 is 1.28 bits per heavy atom. The van der Waals surface area contributed by atoms with E-state index >= 15 is 0 Å². The topological polar surface area (TPSA) is 66.5 Å². The van der Waals surface area contributed by atoms with E-state index in [1.54, 1.807) is 30.3 Å². The van der Waals surface area contributed by atoms with Gasteiger partial charge in [-0.1, -0.05) is 25.1 Å². The summed E-state index contributed by atoms with van der Waals surface area (Å²) in [5.41, 5.74) is 0.492. The van der Waals surface area contributed by atoms with Gasteiger partial charge in [-0.2, -0.15) is 0 Å². The van der Waals surface area contributed by atoms with Crippen LogP contribution in [0.25, 0.3) is 0 Å². The monoisotopic (exact) mass is 270 g/mol. The second-order valence-electron chi connectivity index (χ2n) is 3.96. The summed E-state index contributed by atoms with van der Waals surface area (Å²) in [6, 6.07) is 8.58. The second kappa shape index (κ2) is 6.39. The molecule has 0 aliphatic heterocycles. The van der Waals surface area contributed by atoms with E-state index in [0.717, 1.165) is 17.0 Å². The Morgan fingerprint density at radius 2 is 1.89 bits per heavy atom. The first-order valence-electron chi connectivity index (χ1n) is 5.74. The van der Waals surface area contributed by atoms with Crippen molar-refractivity contribution >= 4 is 21.6 Å². The minimum Gasteiger partial charge on any atom is -0.355 e. The molecule has 0 fully saturated rings. The predicted octanol–water partition coefficient (Wildman–Crippen LogP) is 0.979. The number of rotatable bonds is 6. The zero-order chi connectivity index (χ0) is 13.6. The number of nitrogens with zero attached hydrogens (tertiary/aromatic N) is 1. The molecule has 0 saturated carbocycles. The molecular formula is C12H18N2O3S. The fraction of sp³-hybridized carbons (Fsp3) is 0.417. The van der Waals surface area contributed by atoms with Gasteiger partial charge < -0.3 is 5.32 Å². The van der Waals surface area contributed by atoms with Crippen LogP contribution in [0, 0.1) is 0 Å². The lowest BCUT2D eigenvalue weighted by Gasteiger charge is -2.21. The van der Waals surface area contributed by atoms with Crippen LogP contribution in [-0.4, -0.2) is 33.7 Å². The van der Waals surface area contributed by atoms with Crippen molar-refractivity contribution in [2.45, 2.75) is 13.3 Å². The van der Waals surface area contributed by atoms with Crippen LogP contribution in [0.4, 0.5) is 5.69 Å². The van der Waals surface area contributed by atoms with E-state index in [4.69, 9.17) is 0 Å². The number of benzene rings is 1. The van der Waals surface area contributed by atoms with Crippen molar-refractivity contribution < 1.29 is 13.2 Å². The van der Waals surface area contributed by atoms with Gasteiger partial charge in [-0.25, -0.2) is 8.42 Å². The van der Waals surface area contributed by atoms with Gasteiger partial charge in [-0.15, -0.1) is 0 Å². The van der Waals surface area contributed by atoms with E-state index in [2.05, 4.69) is 5.32 Å². The summed E-state index contributed by atoms with van der Waals surface area (Å²) in [5, 5.41) is 2.66. The minimum absolute atomic E-state index is 0.192. The molecule has 0 aliphatic carbocycles. The molecule has 0 heterocycles. The van der Waals surface area contributed by atoms with Crippen molar-refractivity contribution in [1.29, 1.82) is 0 Å². The number of amides is 1. The number of hydrogen-bond acceptors (Lipinski definition) is 3. The van der Waals surface area contributed by atoms with Crippen LogP contribution >= 0.6 is 0 Å². The molecule has 0 unspecified atom stereocenters. The third-order valence-electron chi connectivity index (χ3n) is 2.30. The van der Waals surface area contributed by atoms with Crippen LogP contribution in [0.5, 0.6) is 0 Å². The maximum Gasteiger partial charge on any atom is 0.240 e. The number of carbonyl (C=O) groups excluding carboxylic acids is 1. The highest BCUT2D eigenvalue weighted by atomic mass is 32.2. The van der Waals surface area contributed by atoms with Gasteiger partial charge in [0.15, 0.2) is 0 Å². The summed E-state index contributed by atoms with van der Waals surface area (Å²) in [7, 11) is -3.47. The molecule has 100 valence electrons. The Kier molecular flexibility index (Phi) is 5.15. The maximum atomic E-state index is 11.7. The van der Waals surface area contributed by atoms with Gasteiger partial charge in [0.1, 0.15) is 6.54 Å². The first-order chi connectivity index (χ1) is 8.45. The molecular weight excluding hydrogens is 252 g/mol. The molecule has 0 aliphatic rings. The van der Waals surface area contributed by atoms with E-state index in [-0.39, 0.29) is 12.5 Å². The average molecular weight is 270 g/mol. The predicted molar refractivity (Wildman–Crippen MR) is 71.9 cm³/mol. The van der Waals surface area contributed by atoms with Crippen LogP contribution in [0.15, 0.2) is 30.3 Å². The lowest BCUT2D eigenvalue weighted by molar-refractivity contribution is -0.119. The van der Waals surface area contributed by atoms with Gasteiger partial charge in [-0.3, -0.25) is 9.10 Å². The van der Waals surface area contributed by atoms with Gasteiger partial charge in [0.05, 0.1) is 11.9 Å². The summed E-state index contributed by atoms with van der Waals surface area (Å²) < 4.78 is 24.5. The number of sulfonamides is 1. The molecule has 0 bridgehead atoms. The van der Waals surface area contributed by atoms with E-state index in [9.17, 15) is 13.2 Å². The van der Waals surface area contributed by atoms with Crippen molar-refractivity contribution in [1.82, 2.24) is 5.32 Å². The molecule has 1 aromatic rings. The highest BCUT2D eigenvalue weighted by Gasteiger charge is 2.19. The standard InChI is InChI=1S/C12H18N2O3S/c1-3-9-13-12(15)10-14(18(2,16)17)11-7-5-4-6-8-11/h4-8H,3,9-10H2,1-2H3,(H,13,15). The first-order valence-corrected chi connectivity index (χ1v) is 7.59. The van der Waals surface area contributed by atoms with Gasteiger partial charge in [-0.05, 0) is 18.6 Å². The zero-order valence-corrected chi connectivity index (χ0v) is 11.4. The minimum atomic E-state index is -3.47. The van der Waals surface area contributed by atoms with Crippen molar-refractivity contribution in [3.8, 4) is 0 Å². The molecule has 18 heavy (non-hydrogen) atoms. The van der Waals surface area contributed by atoms with Crippen LogP contribution in [0.3, 0.4) is 0 Å². The Hall–Kier alpha value is -1.56. The summed E-state index contributed by atoms with van der Waals surface area (Å²) in [6.07, 6.45) is 1.91. The molecule has 6 heteroatoms. The van der Waals surface area contributed by atoms with Gasteiger partial charge in [0.25, 0.3) is 0 Å². The quantitative estimate of drug-likeness (QED) is 0.838. The maximum absolute atomic E-state index is 11.7. The number of hydrogen-bond donors (Lipinski definition) is 1. The van der Waals surface area contributed by atoms with Crippen LogP contribution in [0.1, 0.15) is 13.3 Å². The smallest absolute Gasteiger partial charge is 0.240 e. The molecule has 0 radical (unpaired) electrons.